The number of aryl methyl sites for hydroxylation is 1. The summed E-state index contributed by atoms with van der Waals surface area (Å²) >= 11 is 0. The minimum atomic E-state index is 0.504. The van der Waals surface area contributed by atoms with Gasteiger partial charge in [0.05, 0.1) is 0 Å². The van der Waals surface area contributed by atoms with E-state index in [1.807, 2.05) is 0 Å². The third-order valence-electron chi connectivity index (χ3n) is 3.53. The van der Waals surface area contributed by atoms with Gasteiger partial charge in [0.2, 0.25) is 0 Å². The van der Waals surface area contributed by atoms with Crippen LogP contribution in [0.15, 0.2) is 42.0 Å². The number of rotatable bonds is 0. The Morgan fingerprint density at radius 3 is 2.80 bits per heavy atom. The van der Waals surface area contributed by atoms with E-state index >= 15 is 0 Å². The molecule has 0 aromatic heterocycles. The van der Waals surface area contributed by atoms with Crippen LogP contribution in [-0.4, -0.2) is 0 Å². The van der Waals surface area contributed by atoms with E-state index in [9.17, 15) is 0 Å². The SMILES string of the molecule is Cc1ccc2c(c1C)C=C1C=CC=CC12. The quantitative estimate of drug-likeness (QED) is 0.587. The van der Waals surface area contributed by atoms with E-state index in [0.29, 0.717) is 5.92 Å². The third-order valence-corrected chi connectivity index (χ3v) is 3.53. The molecule has 2 aliphatic carbocycles. The molecule has 0 amide bonds. The van der Waals surface area contributed by atoms with Crippen molar-refractivity contribution >= 4 is 6.08 Å². The van der Waals surface area contributed by atoms with Crippen molar-refractivity contribution in [3.8, 4) is 0 Å². The largest absolute Gasteiger partial charge is 0.0726 e. The first kappa shape index (κ1) is 8.72. The smallest absolute Gasteiger partial charge is 0.0278 e. The molecule has 0 saturated heterocycles. The van der Waals surface area contributed by atoms with Gasteiger partial charge in [0.25, 0.3) is 0 Å². The highest BCUT2D eigenvalue weighted by Crippen LogP contribution is 2.41. The topological polar surface area (TPSA) is 0 Å². The molecule has 3 rings (SSSR count). The molecule has 1 aromatic carbocycles. The predicted octanol–water partition coefficient (Wildman–Crippen LogP) is 3.91. The summed E-state index contributed by atoms with van der Waals surface area (Å²) in [6.07, 6.45) is 11.1. The minimum Gasteiger partial charge on any atom is -0.0726 e. The molecule has 0 bridgehead atoms. The van der Waals surface area contributed by atoms with Gasteiger partial charge in [-0.3, -0.25) is 0 Å². The lowest BCUT2D eigenvalue weighted by atomic mass is 9.91. The molecule has 0 spiro atoms. The molecule has 15 heavy (non-hydrogen) atoms. The van der Waals surface area contributed by atoms with E-state index in [0.717, 1.165) is 0 Å². The number of hydrogen-bond acceptors (Lipinski definition) is 0. The summed E-state index contributed by atoms with van der Waals surface area (Å²) in [7, 11) is 0. The van der Waals surface area contributed by atoms with Crippen molar-refractivity contribution < 1.29 is 0 Å². The normalized spacial score (nSPS) is 21.2. The highest BCUT2D eigenvalue weighted by atomic mass is 14.3. The summed E-state index contributed by atoms with van der Waals surface area (Å²) in [4.78, 5) is 0. The molecule has 2 aliphatic rings. The summed E-state index contributed by atoms with van der Waals surface area (Å²) in [6, 6.07) is 4.51. The van der Waals surface area contributed by atoms with Crippen LogP contribution >= 0.6 is 0 Å². The third kappa shape index (κ3) is 1.14. The van der Waals surface area contributed by atoms with Gasteiger partial charge in [-0.05, 0) is 41.7 Å². The molecule has 1 aromatic rings. The van der Waals surface area contributed by atoms with Crippen molar-refractivity contribution in [2.75, 3.05) is 0 Å². The number of hydrogen-bond donors (Lipinski definition) is 0. The zero-order valence-electron chi connectivity index (χ0n) is 9.12. The van der Waals surface area contributed by atoms with Gasteiger partial charge < -0.3 is 0 Å². The number of allylic oxidation sites excluding steroid dienone is 5. The second kappa shape index (κ2) is 2.96. The maximum absolute atomic E-state index is 2.34. The summed E-state index contributed by atoms with van der Waals surface area (Å²) in [5.41, 5.74) is 7.15. The van der Waals surface area contributed by atoms with Crippen LogP contribution in [0.2, 0.25) is 0 Å². The molecule has 0 heteroatoms. The van der Waals surface area contributed by atoms with E-state index < -0.39 is 0 Å². The van der Waals surface area contributed by atoms with E-state index in [1.165, 1.54) is 27.8 Å². The molecule has 0 nitrogen and oxygen atoms in total. The molecule has 0 fully saturated rings. The van der Waals surface area contributed by atoms with E-state index in [-0.39, 0.29) is 0 Å². The molecular formula is C15H14. The van der Waals surface area contributed by atoms with Gasteiger partial charge in [-0.2, -0.15) is 0 Å². The van der Waals surface area contributed by atoms with Gasteiger partial charge in [-0.25, -0.2) is 0 Å². The second-order valence-corrected chi connectivity index (χ2v) is 4.38. The minimum absolute atomic E-state index is 0.504. The van der Waals surface area contributed by atoms with E-state index in [2.05, 4.69) is 56.4 Å². The van der Waals surface area contributed by atoms with Crippen LogP contribution in [0.25, 0.3) is 6.08 Å². The Labute approximate surface area is 90.6 Å². The Bertz CT molecular complexity index is 513. The van der Waals surface area contributed by atoms with Gasteiger partial charge >= 0.3 is 0 Å². The van der Waals surface area contributed by atoms with Crippen LogP contribution in [0, 0.1) is 13.8 Å². The maximum Gasteiger partial charge on any atom is 0.0278 e. The highest BCUT2D eigenvalue weighted by Gasteiger charge is 2.23. The van der Waals surface area contributed by atoms with E-state index in [4.69, 9.17) is 0 Å². The standard InChI is InChI=1S/C15H14/c1-10-7-8-14-13-6-4-3-5-12(13)9-15(14)11(10)2/h3-9,13H,1-2H3. The van der Waals surface area contributed by atoms with Crippen molar-refractivity contribution in [1.82, 2.24) is 0 Å². The number of benzene rings is 1. The predicted molar refractivity (Wildman–Crippen MR) is 64.9 cm³/mol. The Kier molecular flexibility index (Phi) is 1.72. The van der Waals surface area contributed by atoms with Crippen molar-refractivity contribution in [1.29, 1.82) is 0 Å². The van der Waals surface area contributed by atoms with Gasteiger partial charge in [0, 0.05) is 5.92 Å². The van der Waals surface area contributed by atoms with Crippen LogP contribution in [0.1, 0.15) is 28.2 Å². The van der Waals surface area contributed by atoms with Crippen molar-refractivity contribution in [2.45, 2.75) is 19.8 Å². The first-order valence-electron chi connectivity index (χ1n) is 5.44. The monoisotopic (exact) mass is 194 g/mol. The van der Waals surface area contributed by atoms with Crippen molar-refractivity contribution in [3.05, 3.63) is 64.3 Å². The lowest BCUT2D eigenvalue weighted by Crippen LogP contribution is -1.97. The van der Waals surface area contributed by atoms with Gasteiger partial charge in [0.15, 0.2) is 0 Å². The van der Waals surface area contributed by atoms with Gasteiger partial charge in [-0.15, -0.1) is 0 Å². The van der Waals surface area contributed by atoms with Crippen molar-refractivity contribution in [2.24, 2.45) is 0 Å². The lowest BCUT2D eigenvalue weighted by Gasteiger charge is -2.13. The summed E-state index contributed by atoms with van der Waals surface area (Å²) in [5.74, 6) is 0.504. The average molecular weight is 194 g/mol. The van der Waals surface area contributed by atoms with Crippen LogP contribution in [-0.2, 0) is 0 Å². The summed E-state index contributed by atoms with van der Waals surface area (Å²) in [5, 5.41) is 0. The zero-order valence-corrected chi connectivity index (χ0v) is 9.12. The first-order chi connectivity index (χ1) is 7.27. The highest BCUT2D eigenvalue weighted by molar-refractivity contribution is 5.74. The molecule has 74 valence electrons. The van der Waals surface area contributed by atoms with Crippen LogP contribution in [0.3, 0.4) is 0 Å². The van der Waals surface area contributed by atoms with Gasteiger partial charge in [0.1, 0.15) is 0 Å². The maximum atomic E-state index is 2.34. The zero-order chi connectivity index (χ0) is 10.4. The average Bonchev–Trinajstić information content (AvgIpc) is 2.63. The van der Waals surface area contributed by atoms with Crippen molar-refractivity contribution in [3.63, 3.8) is 0 Å². The fraction of sp³-hybridized carbons (Fsp3) is 0.200. The Balaban J connectivity index is 2.25. The van der Waals surface area contributed by atoms with Gasteiger partial charge in [-0.1, -0.05) is 42.5 Å². The molecule has 0 radical (unpaired) electrons. The second-order valence-electron chi connectivity index (χ2n) is 4.38. The number of fused-ring (bicyclic) bond motifs is 3. The molecule has 1 atom stereocenters. The lowest BCUT2D eigenvalue weighted by molar-refractivity contribution is 1.04. The Morgan fingerprint density at radius 1 is 1.07 bits per heavy atom. The molecule has 0 N–H and O–H groups in total. The first-order valence-corrected chi connectivity index (χ1v) is 5.44. The molecular weight excluding hydrogens is 180 g/mol. The molecule has 0 heterocycles. The fourth-order valence-corrected chi connectivity index (χ4v) is 2.47. The Hall–Kier alpha value is -1.56. The van der Waals surface area contributed by atoms with E-state index in [1.54, 1.807) is 0 Å². The Morgan fingerprint density at radius 2 is 1.93 bits per heavy atom. The summed E-state index contributed by atoms with van der Waals surface area (Å²) < 4.78 is 0. The molecule has 0 aliphatic heterocycles. The van der Waals surface area contributed by atoms with Crippen LogP contribution in [0.4, 0.5) is 0 Å². The van der Waals surface area contributed by atoms with Crippen LogP contribution in [0.5, 0.6) is 0 Å². The summed E-state index contributed by atoms with van der Waals surface area (Å²) in [6.45, 7) is 4.40. The fourth-order valence-electron chi connectivity index (χ4n) is 2.47. The molecule has 0 saturated carbocycles. The molecule has 1 unspecified atom stereocenters. The van der Waals surface area contributed by atoms with Crippen LogP contribution < -0.4 is 0 Å².